The number of amides is 1. The van der Waals surface area contributed by atoms with Crippen LogP contribution in [-0.2, 0) is 17.6 Å². The third kappa shape index (κ3) is 3.39. The molecule has 4 N–H and O–H groups in total. The maximum absolute atomic E-state index is 12.4. The molecule has 3 aromatic rings. The summed E-state index contributed by atoms with van der Waals surface area (Å²) in [4.78, 5) is 26.8. The molecule has 1 unspecified atom stereocenters. The lowest BCUT2D eigenvalue weighted by Crippen LogP contribution is -2.53. The van der Waals surface area contributed by atoms with E-state index in [9.17, 15) is 19.7 Å². The lowest BCUT2D eigenvalue weighted by Gasteiger charge is -2.28. The monoisotopic (exact) mass is 364 g/mol. The number of hydrogen-bond donors (Lipinski definition) is 4. The Morgan fingerprint density at radius 1 is 1.26 bits per heavy atom. The second-order valence-electron chi connectivity index (χ2n) is 6.56. The molecule has 0 saturated heterocycles. The van der Waals surface area contributed by atoms with E-state index in [1.54, 1.807) is 12.1 Å². The van der Waals surface area contributed by atoms with Crippen molar-refractivity contribution in [1.29, 1.82) is 0 Å². The molecule has 1 atom stereocenters. The second-order valence-corrected chi connectivity index (χ2v) is 6.56. The molecule has 2 aromatic carbocycles. The summed E-state index contributed by atoms with van der Waals surface area (Å²) in [5.74, 6) is -1.86. The van der Waals surface area contributed by atoms with Crippen LogP contribution in [0.15, 0.2) is 48.7 Å². The number of aromatic carboxylic acids is 1. The SMILES string of the molecule is O=C(Cc1ccc2cc[nH]c2c1)NC1Cc2cccc(C(=O)O)c2OB1O. The first-order valence-corrected chi connectivity index (χ1v) is 8.56. The third-order valence-corrected chi connectivity index (χ3v) is 4.68. The zero-order valence-electron chi connectivity index (χ0n) is 14.3. The minimum atomic E-state index is -1.31. The quantitative estimate of drug-likeness (QED) is 0.525. The topological polar surface area (TPSA) is 112 Å². The lowest BCUT2D eigenvalue weighted by atomic mass is 9.72. The maximum Gasteiger partial charge on any atom is 0.547 e. The first-order chi connectivity index (χ1) is 13.0. The zero-order chi connectivity index (χ0) is 19.0. The zero-order valence-corrected chi connectivity index (χ0v) is 14.3. The molecular weight excluding hydrogens is 347 g/mol. The molecule has 1 aliphatic heterocycles. The second kappa shape index (κ2) is 6.81. The van der Waals surface area contributed by atoms with Crippen LogP contribution in [-0.4, -0.2) is 40.1 Å². The van der Waals surface area contributed by atoms with Crippen molar-refractivity contribution >= 4 is 29.9 Å². The van der Waals surface area contributed by atoms with Crippen LogP contribution >= 0.6 is 0 Å². The van der Waals surface area contributed by atoms with Crippen molar-refractivity contribution in [1.82, 2.24) is 10.3 Å². The molecular formula is C19H17BN2O5. The van der Waals surface area contributed by atoms with Gasteiger partial charge in [-0.2, -0.15) is 0 Å². The Morgan fingerprint density at radius 3 is 2.93 bits per heavy atom. The molecule has 1 aliphatic rings. The Bertz CT molecular complexity index is 1030. The Morgan fingerprint density at radius 2 is 2.11 bits per heavy atom. The number of fused-ring (bicyclic) bond motifs is 2. The molecule has 0 fully saturated rings. The number of hydrogen-bond acceptors (Lipinski definition) is 4. The summed E-state index contributed by atoms with van der Waals surface area (Å²) in [6.45, 7) is 0. The van der Waals surface area contributed by atoms with Crippen LogP contribution in [0.1, 0.15) is 21.5 Å². The molecule has 136 valence electrons. The van der Waals surface area contributed by atoms with Gasteiger partial charge in [-0.15, -0.1) is 0 Å². The van der Waals surface area contributed by atoms with E-state index < -0.39 is 19.0 Å². The van der Waals surface area contributed by atoms with Gasteiger partial charge in [0.1, 0.15) is 5.75 Å². The van der Waals surface area contributed by atoms with E-state index in [0.29, 0.717) is 12.0 Å². The van der Waals surface area contributed by atoms with Gasteiger partial charge < -0.3 is 25.1 Å². The van der Waals surface area contributed by atoms with Gasteiger partial charge in [0.15, 0.2) is 0 Å². The largest absolute Gasteiger partial charge is 0.547 e. The van der Waals surface area contributed by atoms with Crippen LogP contribution in [0.3, 0.4) is 0 Å². The van der Waals surface area contributed by atoms with Gasteiger partial charge in [-0.1, -0.05) is 24.3 Å². The number of carboxylic acid groups (broad SMARTS) is 1. The average Bonchev–Trinajstić information content (AvgIpc) is 3.09. The van der Waals surface area contributed by atoms with Gasteiger partial charge >= 0.3 is 13.1 Å². The molecule has 2 heterocycles. The van der Waals surface area contributed by atoms with Gasteiger partial charge in [-0.25, -0.2) is 4.79 Å². The number of benzene rings is 2. The van der Waals surface area contributed by atoms with Gasteiger partial charge in [0, 0.05) is 11.7 Å². The van der Waals surface area contributed by atoms with E-state index in [2.05, 4.69) is 10.3 Å². The number of H-pyrrole nitrogens is 1. The minimum Gasteiger partial charge on any atom is -0.534 e. The van der Waals surface area contributed by atoms with E-state index in [-0.39, 0.29) is 23.6 Å². The molecule has 0 spiro atoms. The fourth-order valence-electron chi connectivity index (χ4n) is 3.36. The summed E-state index contributed by atoms with van der Waals surface area (Å²) in [6, 6.07) is 12.5. The highest BCUT2D eigenvalue weighted by Gasteiger charge is 2.37. The number of aromatic nitrogens is 1. The molecule has 4 rings (SSSR count). The summed E-state index contributed by atoms with van der Waals surface area (Å²) < 4.78 is 5.39. The first-order valence-electron chi connectivity index (χ1n) is 8.56. The Balaban J connectivity index is 1.47. The Hall–Kier alpha value is -3.26. The summed E-state index contributed by atoms with van der Waals surface area (Å²) >= 11 is 0. The smallest absolute Gasteiger partial charge is 0.534 e. The van der Waals surface area contributed by atoms with Crippen LogP contribution < -0.4 is 9.97 Å². The number of rotatable bonds is 4. The van der Waals surface area contributed by atoms with E-state index in [0.717, 1.165) is 16.5 Å². The van der Waals surface area contributed by atoms with Crippen molar-refractivity contribution in [2.24, 2.45) is 0 Å². The molecule has 1 aromatic heterocycles. The van der Waals surface area contributed by atoms with Gasteiger partial charge in [-0.05, 0) is 41.1 Å². The van der Waals surface area contributed by atoms with E-state index in [4.69, 9.17) is 4.65 Å². The van der Waals surface area contributed by atoms with Gasteiger partial charge in [0.25, 0.3) is 0 Å². The molecule has 0 saturated carbocycles. The number of carboxylic acids is 1. The summed E-state index contributed by atoms with van der Waals surface area (Å²) in [7, 11) is -1.31. The first kappa shape index (κ1) is 17.2. The predicted molar refractivity (Wildman–Crippen MR) is 99.6 cm³/mol. The van der Waals surface area contributed by atoms with Crippen LogP contribution in [0.2, 0.25) is 0 Å². The van der Waals surface area contributed by atoms with Gasteiger partial charge in [0.2, 0.25) is 5.91 Å². The fourth-order valence-corrected chi connectivity index (χ4v) is 3.36. The Kier molecular flexibility index (Phi) is 4.33. The van der Waals surface area contributed by atoms with Crippen LogP contribution in [0.25, 0.3) is 10.9 Å². The summed E-state index contributed by atoms with van der Waals surface area (Å²) in [5, 5.41) is 23.3. The molecule has 7 nitrogen and oxygen atoms in total. The van der Waals surface area contributed by atoms with Crippen molar-refractivity contribution in [2.45, 2.75) is 18.8 Å². The summed E-state index contributed by atoms with van der Waals surface area (Å²) in [5.41, 5.74) is 2.44. The molecule has 0 aliphatic carbocycles. The number of carbonyl (C=O) groups excluding carboxylic acids is 1. The van der Waals surface area contributed by atoms with Crippen LogP contribution in [0, 0.1) is 0 Å². The van der Waals surface area contributed by atoms with Crippen LogP contribution in [0.4, 0.5) is 0 Å². The normalized spacial score (nSPS) is 15.9. The average molecular weight is 364 g/mol. The van der Waals surface area contributed by atoms with Crippen molar-refractivity contribution < 1.29 is 24.4 Å². The van der Waals surface area contributed by atoms with Crippen molar-refractivity contribution in [3.05, 3.63) is 65.4 Å². The minimum absolute atomic E-state index is 0.00410. The van der Waals surface area contributed by atoms with Gasteiger partial charge in [0.05, 0.1) is 17.9 Å². The van der Waals surface area contributed by atoms with E-state index in [1.807, 2.05) is 30.5 Å². The van der Waals surface area contributed by atoms with Crippen LogP contribution in [0.5, 0.6) is 5.75 Å². The van der Waals surface area contributed by atoms with Crippen molar-refractivity contribution in [3.63, 3.8) is 0 Å². The van der Waals surface area contributed by atoms with E-state index in [1.165, 1.54) is 6.07 Å². The lowest BCUT2D eigenvalue weighted by molar-refractivity contribution is -0.120. The van der Waals surface area contributed by atoms with Crippen molar-refractivity contribution in [3.8, 4) is 5.75 Å². The van der Waals surface area contributed by atoms with Gasteiger partial charge in [-0.3, -0.25) is 4.79 Å². The number of nitrogens with one attached hydrogen (secondary N) is 2. The molecule has 1 amide bonds. The number of para-hydroxylation sites is 1. The highest BCUT2D eigenvalue weighted by molar-refractivity contribution is 6.47. The fraction of sp³-hybridized carbons (Fsp3) is 0.158. The maximum atomic E-state index is 12.4. The number of carbonyl (C=O) groups is 2. The van der Waals surface area contributed by atoms with E-state index >= 15 is 0 Å². The molecule has 0 radical (unpaired) electrons. The van der Waals surface area contributed by atoms with Crippen molar-refractivity contribution in [2.75, 3.05) is 0 Å². The Labute approximate surface area is 155 Å². The standard InChI is InChI=1S/C19H17BN2O5/c23-17(9-11-4-5-12-6-7-21-15(12)8-11)22-16-10-13-2-1-3-14(19(24)25)18(13)27-20(16)26/h1-8,16,21,26H,9-10H2,(H,22,23)(H,24,25). The third-order valence-electron chi connectivity index (χ3n) is 4.68. The predicted octanol–water partition coefficient (Wildman–Crippen LogP) is 1.55. The molecule has 8 heteroatoms. The molecule has 27 heavy (non-hydrogen) atoms. The highest BCUT2D eigenvalue weighted by atomic mass is 16.5. The number of aromatic amines is 1. The molecule has 0 bridgehead atoms. The highest BCUT2D eigenvalue weighted by Crippen LogP contribution is 2.30. The summed E-state index contributed by atoms with van der Waals surface area (Å²) in [6.07, 6.45) is 2.30.